The molecule has 0 spiro atoms. The maximum Gasteiger partial charge on any atom is 0.179 e. The second kappa shape index (κ2) is 6.63. The molecular formula is C15H14ClF2NO2. The van der Waals surface area contributed by atoms with Crippen molar-refractivity contribution in [3.8, 4) is 11.5 Å². The fraction of sp³-hybridized carbons (Fsp3) is 0.200. The van der Waals surface area contributed by atoms with Crippen molar-refractivity contribution in [3.05, 3.63) is 52.6 Å². The smallest absolute Gasteiger partial charge is 0.179 e. The Kier molecular flexibility index (Phi) is 4.85. The van der Waals surface area contributed by atoms with E-state index in [1.54, 1.807) is 12.1 Å². The molecule has 0 unspecified atom stereocenters. The third kappa shape index (κ3) is 3.55. The van der Waals surface area contributed by atoms with Crippen LogP contribution < -0.4 is 14.8 Å². The molecule has 2 aromatic carbocycles. The average molecular weight is 314 g/mol. The van der Waals surface area contributed by atoms with Gasteiger partial charge in [-0.2, -0.15) is 0 Å². The van der Waals surface area contributed by atoms with Crippen LogP contribution in [-0.2, 0) is 6.54 Å². The van der Waals surface area contributed by atoms with Crippen molar-refractivity contribution in [1.29, 1.82) is 0 Å². The van der Waals surface area contributed by atoms with Gasteiger partial charge in [0.05, 0.1) is 24.9 Å². The van der Waals surface area contributed by atoms with Crippen LogP contribution in [-0.4, -0.2) is 14.2 Å². The number of rotatable bonds is 5. The number of hydrogen-bond donors (Lipinski definition) is 1. The van der Waals surface area contributed by atoms with E-state index in [9.17, 15) is 8.78 Å². The van der Waals surface area contributed by atoms with Crippen molar-refractivity contribution in [2.45, 2.75) is 6.54 Å². The highest BCUT2D eigenvalue weighted by atomic mass is 35.5. The second-order valence-corrected chi connectivity index (χ2v) is 4.70. The number of anilines is 1. The van der Waals surface area contributed by atoms with E-state index in [2.05, 4.69) is 5.32 Å². The van der Waals surface area contributed by atoms with Crippen LogP contribution >= 0.6 is 11.6 Å². The largest absolute Gasteiger partial charge is 0.493 e. The fourth-order valence-electron chi connectivity index (χ4n) is 1.90. The highest BCUT2D eigenvalue weighted by molar-refractivity contribution is 6.32. The summed E-state index contributed by atoms with van der Waals surface area (Å²) in [4.78, 5) is 0. The molecule has 2 aromatic rings. The normalized spacial score (nSPS) is 10.3. The van der Waals surface area contributed by atoms with Crippen LogP contribution in [0.3, 0.4) is 0 Å². The van der Waals surface area contributed by atoms with Crippen LogP contribution in [0.5, 0.6) is 11.5 Å². The predicted octanol–water partition coefficient (Wildman–Crippen LogP) is 4.25. The second-order valence-electron chi connectivity index (χ2n) is 4.29. The van der Waals surface area contributed by atoms with Crippen LogP contribution in [0.1, 0.15) is 5.56 Å². The molecule has 0 saturated carbocycles. The summed E-state index contributed by atoms with van der Waals surface area (Å²) in [6.07, 6.45) is 0. The lowest BCUT2D eigenvalue weighted by Crippen LogP contribution is -2.03. The van der Waals surface area contributed by atoms with Gasteiger partial charge in [-0.15, -0.1) is 0 Å². The third-order valence-corrected chi connectivity index (χ3v) is 3.19. The molecule has 0 heterocycles. The van der Waals surface area contributed by atoms with Gasteiger partial charge in [0.2, 0.25) is 0 Å². The summed E-state index contributed by atoms with van der Waals surface area (Å²) >= 11 is 6.09. The maximum absolute atomic E-state index is 13.5. The lowest BCUT2D eigenvalue weighted by Gasteiger charge is -2.13. The van der Waals surface area contributed by atoms with Crippen molar-refractivity contribution < 1.29 is 18.3 Å². The summed E-state index contributed by atoms with van der Waals surface area (Å²) in [5.74, 6) is -0.342. The highest BCUT2D eigenvalue weighted by Gasteiger charge is 2.11. The third-order valence-electron chi connectivity index (χ3n) is 2.91. The minimum Gasteiger partial charge on any atom is -0.493 e. The molecule has 0 aliphatic heterocycles. The van der Waals surface area contributed by atoms with Gasteiger partial charge in [0.15, 0.2) is 11.5 Å². The first-order valence-electron chi connectivity index (χ1n) is 6.14. The Labute approximate surface area is 126 Å². The van der Waals surface area contributed by atoms with E-state index in [1.807, 2.05) is 0 Å². The van der Waals surface area contributed by atoms with Crippen molar-refractivity contribution in [3.63, 3.8) is 0 Å². The lowest BCUT2D eigenvalue weighted by molar-refractivity contribution is 0.355. The maximum atomic E-state index is 13.5. The standard InChI is InChI=1S/C15H14ClF2NO2/c1-20-14-6-9(5-11(16)15(14)21-2)8-19-13-4-3-10(17)7-12(13)18/h3-7,19H,8H2,1-2H3. The zero-order chi connectivity index (χ0) is 15.4. The molecule has 0 aliphatic rings. The minimum atomic E-state index is -0.651. The van der Waals surface area contributed by atoms with Crippen molar-refractivity contribution in [2.24, 2.45) is 0 Å². The Morgan fingerprint density at radius 1 is 1.10 bits per heavy atom. The van der Waals surface area contributed by atoms with Gasteiger partial charge in [-0.25, -0.2) is 8.78 Å². The zero-order valence-corrected chi connectivity index (χ0v) is 12.3. The van der Waals surface area contributed by atoms with Gasteiger partial charge < -0.3 is 14.8 Å². The lowest BCUT2D eigenvalue weighted by atomic mass is 10.2. The fourth-order valence-corrected chi connectivity index (χ4v) is 2.21. The molecule has 2 rings (SSSR count). The summed E-state index contributed by atoms with van der Waals surface area (Å²) in [6.45, 7) is 0.308. The van der Waals surface area contributed by atoms with E-state index in [0.29, 0.717) is 23.1 Å². The number of halogens is 3. The first-order valence-corrected chi connectivity index (χ1v) is 6.52. The Hall–Kier alpha value is -2.01. The summed E-state index contributed by atoms with van der Waals surface area (Å²) in [7, 11) is 3.00. The monoisotopic (exact) mass is 313 g/mol. The van der Waals surface area contributed by atoms with E-state index in [4.69, 9.17) is 21.1 Å². The first kappa shape index (κ1) is 15.4. The molecule has 6 heteroatoms. The van der Waals surface area contributed by atoms with E-state index in [-0.39, 0.29) is 5.69 Å². The molecule has 3 nitrogen and oxygen atoms in total. The van der Waals surface area contributed by atoms with Crippen molar-refractivity contribution in [2.75, 3.05) is 19.5 Å². The van der Waals surface area contributed by atoms with Crippen molar-refractivity contribution >= 4 is 17.3 Å². The topological polar surface area (TPSA) is 30.5 Å². The average Bonchev–Trinajstić information content (AvgIpc) is 2.45. The first-order chi connectivity index (χ1) is 10.0. The van der Waals surface area contributed by atoms with Crippen molar-refractivity contribution in [1.82, 2.24) is 0 Å². The molecule has 0 amide bonds. The van der Waals surface area contributed by atoms with Crippen LogP contribution in [0, 0.1) is 11.6 Å². The number of hydrogen-bond acceptors (Lipinski definition) is 3. The quantitative estimate of drug-likeness (QED) is 0.895. The van der Waals surface area contributed by atoms with Gasteiger partial charge in [0, 0.05) is 12.6 Å². The molecule has 0 aromatic heterocycles. The molecule has 21 heavy (non-hydrogen) atoms. The van der Waals surface area contributed by atoms with Gasteiger partial charge in [-0.3, -0.25) is 0 Å². The van der Waals surface area contributed by atoms with Gasteiger partial charge in [-0.1, -0.05) is 11.6 Å². The van der Waals surface area contributed by atoms with E-state index in [0.717, 1.165) is 11.6 Å². The number of benzene rings is 2. The van der Waals surface area contributed by atoms with E-state index in [1.165, 1.54) is 26.4 Å². The molecule has 0 radical (unpaired) electrons. The van der Waals surface area contributed by atoms with Gasteiger partial charge >= 0.3 is 0 Å². The van der Waals surface area contributed by atoms with Gasteiger partial charge in [0.25, 0.3) is 0 Å². The number of ether oxygens (including phenoxy) is 2. The molecule has 1 N–H and O–H groups in total. The molecule has 0 saturated heterocycles. The number of methoxy groups -OCH3 is 2. The summed E-state index contributed by atoms with van der Waals surface area (Å²) in [5.41, 5.74) is 0.990. The SMILES string of the molecule is COc1cc(CNc2ccc(F)cc2F)cc(Cl)c1OC. The van der Waals surface area contributed by atoms with Crippen LogP contribution in [0.2, 0.25) is 5.02 Å². The molecular weight excluding hydrogens is 300 g/mol. The molecule has 0 aliphatic carbocycles. The molecule has 0 fully saturated rings. The summed E-state index contributed by atoms with van der Waals surface area (Å²) in [5, 5.41) is 3.27. The highest BCUT2D eigenvalue weighted by Crippen LogP contribution is 2.36. The van der Waals surface area contributed by atoms with E-state index < -0.39 is 11.6 Å². The van der Waals surface area contributed by atoms with E-state index >= 15 is 0 Å². The van der Waals surface area contributed by atoms with Crippen LogP contribution in [0.4, 0.5) is 14.5 Å². The molecule has 0 bridgehead atoms. The molecule has 0 atom stereocenters. The van der Waals surface area contributed by atoms with Crippen LogP contribution in [0.25, 0.3) is 0 Å². The number of nitrogens with one attached hydrogen (secondary N) is 1. The Morgan fingerprint density at radius 3 is 2.48 bits per heavy atom. The Morgan fingerprint density at radius 2 is 1.86 bits per heavy atom. The predicted molar refractivity (Wildman–Crippen MR) is 78.2 cm³/mol. The molecule has 112 valence electrons. The van der Waals surface area contributed by atoms with Gasteiger partial charge in [-0.05, 0) is 29.8 Å². The Bertz CT molecular complexity index is 650. The minimum absolute atomic E-state index is 0.210. The summed E-state index contributed by atoms with van der Waals surface area (Å²) < 4.78 is 36.7. The van der Waals surface area contributed by atoms with Crippen LogP contribution in [0.15, 0.2) is 30.3 Å². The Balaban J connectivity index is 2.18. The summed E-state index contributed by atoms with van der Waals surface area (Å²) in [6, 6.07) is 6.78. The van der Waals surface area contributed by atoms with Gasteiger partial charge in [0.1, 0.15) is 11.6 Å². The zero-order valence-electron chi connectivity index (χ0n) is 11.5.